The van der Waals surface area contributed by atoms with Crippen molar-refractivity contribution in [2.45, 2.75) is 51.0 Å². The lowest BCUT2D eigenvalue weighted by Crippen LogP contribution is -2.45. The molecule has 5 nitrogen and oxygen atoms in total. The lowest BCUT2D eigenvalue weighted by Gasteiger charge is -2.29. The van der Waals surface area contributed by atoms with Gasteiger partial charge in [0.05, 0.1) is 0 Å². The van der Waals surface area contributed by atoms with Gasteiger partial charge in [0.15, 0.2) is 5.79 Å². The summed E-state index contributed by atoms with van der Waals surface area (Å²) in [6.45, 7) is 12.9. The van der Waals surface area contributed by atoms with Crippen LogP contribution in [0.25, 0.3) is 0 Å². The van der Waals surface area contributed by atoms with Gasteiger partial charge in [0.2, 0.25) is 0 Å². The standard InChI is InChI=1S/C14H24O5/c1-7-10-12(19-14(4,5)18-10)13(17-8-16-6)11(15)9(2)3/h7,10-13,15H,1-2,8H2,3-6H3/t10-,11+,12-,13+/m0/s1. The van der Waals surface area contributed by atoms with Crippen molar-refractivity contribution in [1.82, 2.24) is 0 Å². The van der Waals surface area contributed by atoms with Gasteiger partial charge >= 0.3 is 0 Å². The van der Waals surface area contributed by atoms with Crippen LogP contribution in [0.15, 0.2) is 24.8 Å². The summed E-state index contributed by atoms with van der Waals surface area (Å²) in [4.78, 5) is 0. The number of aliphatic hydroxyl groups is 1. The average molecular weight is 272 g/mol. The van der Waals surface area contributed by atoms with Crippen molar-refractivity contribution in [1.29, 1.82) is 0 Å². The molecule has 1 rings (SSSR count). The number of aliphatic hydroxyl groups excluding tert-OH is 1. The van der Waals surface area contributed by atoms with Crippen LogP contribution in [-0.4, -0.2) is 49.2 Å². The second-order valence-electron chi connectivity index (χ2n) is 5.13. The number of methoxy groups -OCH3 is 1. The molecule has 0 amide bonds. The first-order chi connectivity index (χ1) is 8.82. The van der Waals surface area contributed by atoms with Crippen LogP contribution in [-0.2, 0) is 18.9 Å². The Morgan fingerprint density at radius 2 is 2.11 bits per heavy atom. The third-order valence-corrected chi connectivity index (χ3v) is 2.91. The fourth-order valence-electron chi connectivity index (χ4n) is 2.05. The molecule has 1 heterocycles. The van der Waals surface area contributed by atoms with Crippen molar-refractivity contribution in [2.75, 3.05) is 13.9 Å². The van der Waals surface area contributed by atoms with Gasteiger partial charge < -0.3 is 24.1 Å². The maximum Gasteiger partial charge on any atom is 0.164 e. The van der Waals surface area contributed by atoms with E-state index in [1.54, 1.807) is 13.0 Å². The molecule has 0 aromatic heterocycles. The number of hydrogen-bond acceptors (Lipinski definition) is 5. The summed E-state index contributed by atoms with van der Waals surface area (Å²) in [7, 11) is 1.52. The smallest absolute Gasteiger partial charge is 0.164 e. The highest BCUT2D eigenvalue weighted by Crippen LogP contribution is 2.33. The van der Waals surface area contributed by atoms with E-state index in [0.29, 0.717) is 5.57 Å². The van der Waals surface area contributed by atoms with E-state index in [-0.39, 0.29) is 12.9 Å². The monoisotopic (exact) mass is 272 g/mol. The lowest BCUT2D eigenvalue weighted by molar-refractivity contribution is -0.183. The van der Waals surface area contributed by atoms with Gasteiger partial charge in [-0.1, -0.05) is 12.7 Å². The van der Waals surface area contributed by atoms with Crippen molar-refractivity contribution in [3.05, 3.63) is 24.8 Å². The van der Waals surface area contributed by atoms with Crippen LogP contribution in [0.5, 0.6) is 0 Å². The quantitative estimate of drug-likeness (QED) is 0.564. The van der Waals surface area contributed by atoms with E-state index in [1.165, 1.54) is 7.11 Å². The first-order valence-corrected chi connectivity index (χ1v) is 6.24. The zero-order valence-electron chi connectivity index (χ0n) is 12.1. The second kappa shape index (κ2) is 6.63. The zero-order chi connectivity index (χ0) is 14.6. The molecule has 1 saturated heterocycles. The molecule has 0 aromatic rings. The summed E-state index contributed by atoms with van der Waals surface area (Å²) >= 11 is 0. The van der Waals surface area contributed by atoms with Crippen LogP contribution in [0.3, 0.4) is 0 Å². The number of hydrogen-bond donors (Lipinski definition) is 1. The minimum atomic E-state index is -0.861. The summed E-state index contributed by atoms with van der Waals surface area (Å²) in [6, 6.07) is 0. The molecule has 19 heavy (non-hydrogen) atoms. The molecular weight excluding hydrogens is 248 g/mol. The van der Waals surface area contributed by atoms with E-state index < -0.39 is 24.1 Å². The number of rotatable bonds is 7. The molecule has 0 unspecified atom stereocenters. The highest BCUT2D eigenvalue weighted by molar-refractivity contribution is 5.07. The van der Waals surface area contributed by atoms with Crippen molar-refractivity contribution in [3.63, 3.8) is 0 Å². The maximum atomic E-state index is 10.2. The molecule has 0 aromatic carbocycles. The predicted octanol–water partition coefficient (Wildman–Crippen LogP) is 1.62. The summed E-state index contributed by atoms with van der Waals surface area (Å²) < 4.78 is 21.9. The Hall–Kier alpha value is -0.720. The van der Waals surface area contributed by atoms with E-state index in [9.17, 15) is 5.11 Å². The van der Waals surface area contributed by atoms with Crippen molar-refractivity contribution in [3.8, 4) is 0 Å². The van der Waals surface area contributed by atoms with Crippen LogP contribution in [0.1, 0.15) is 20.8 Å². The summed E-state index contributed by atoms with van der Waals surface area (Å²) in [5.74, 6) is -0.743. The van der Waals surface area contributed by atoms with E-state index in [4.69, 9.17) is 18.9 Å². The SMILES string of the molecule is C=C[C@@H]1OC(C)(C)O[C@@H]1[C@H](OCOC)[C@H](O)C(=C)C. The lowest BCUT2D eigenvalue weighted by atomic mass is 9.99. The first kappa shape index (κ1) is 16.3. The van der Waals surface area contributed by atoms with Crippen LogP contribution in [0, 0.1) is 0 Å². The molecule has 4 atom stereocenters. The van der Waals surface area contributed by atoms with Crippen molar-refractivity contribution < 1.29 is 24.1 Å². The summed E-state index contributed by atoms with van der Waals surface area (Å²) in [6.07, 6.45) is -0.657. The van der Waals surface area contributed by atoms with Gasteiger partial charge in [-0.2, -0.15) is 0 Å². The Morgan fingerprint density at radius 3 is 2.58 bits per heavy atom. The maximum absolute atomic E-state index is 10.2. The molecule has 0 spiro atoms. The molecular formula is C14H24O5. The van der Waals surface area contributed by atoms with Crippen LogP contribution in [0.4, 0.5) is 0 Å². The topological polar surface area (TPSA) is 57.2 Å². The van der Waals surface area contributed by atoms with Gasteiger partial charge in [-0.3, -0.25) is 0 Å². The minimum Gasteiger partial charge on any atom is -0.386 e. The van der Waals surface area contributed by atoms with Crippen LogP contribution in [0.2, 0.25) is 0 Å². The molecule has 0 saturated carbocycles. The first-order valence-electron chi connectivity index (χ1n) is 6.24. The predicted molar refractivity (Wildman–Crippen MR) is 71.6 cm³/mol. The molecule has 0 radical (unpaired) electrons. The zero-order valence-corrected chi connectivity index (χ0v) is 12.1. The minimum absolute atomic E-state index is 0.0547. The molecule has 1 N–H and O–H groups in total. The van der Waals surface area contributed by atoms with E-state index in [2.05, 4.69) is 13.2 Å². The van der Waals surface area contributed by atoms with E-state index >= 15 is 0 Å². The summed E-state index contributed by atoms with van der Waals surface area (Å²) in [5, 5.41) is 10.2. The molecule has 5 heteroatoms. The second-order valence-corrected chi connectivity index (χ2v) is 5.13. The van der Waals surface area contributed by atoms with Gasteiger partial charge in [-0.15, -0.1) is 6.58 Å². The largest absolute Gasteiger partial charge is 0.386 e. The van der Waals surface area contributed by atoms with Gasteiger partial charge in [-0.05, 0) is 26.3 Å². The Morgan fingerprint density at radius 1 is 1.47 bits per heavy atom. The fourth-order valence-corrected chi connectivity index (χ4v) is 2.05. The van der Waals surface area contributed by atoms with E-state index in [0.717, 1.165) is 0 Å². The van der Waals surface area contributed by atoms with Crippen LogP contribution < -0.4 is 0 Å². The van der Waals surface area contributed by atoms with Gasteiger partial charge in [0.1, 0.15) is 31.2 Å². The Labute approximate surface area is 114 Å². The third-order valence-electron chi connectivity index (χ3n) is 2.91. The van der Waals surface area contributed by atoms with Gasteiger partial charge in [0.25, 0.3) is 0 Å². The molecule has 1 fully saturated rings. The molecule has 110 valence electrons. The van der Waals surface area contributed by atoms with Gasteiger partial charge in [-0.25, -0.2) is 0 Å². The molecule has 0 bridgehead atoms. The van der Waals surface area contributed by atoms with Crippen LogP contribution >= 0.6 is 0 Å². The molecule has 1 aliphatic heterocycles. The third kappa shape index (κ3) is 4.12. The molecule has 0 aliphatic carbocycles. The molecule has 1 aliphatic rings. The van der Waals surface area contributed by atoms with Crippen molar-refractivity contribution in [2.24, 2.45) is 0 Å². The Balaban J connectivity index is 2.89. The Kier molecular flexibility index (Phi) is 5.70. The summed E-state index contributed by atoms with van der Waals surface area (Å²) in [5.41, 5.74) is 0.595. The van der Waals surface area contributed by atoms with Crippen molar-refractivity contribution >= 4 is 0 Å². The van der Waals surface area contributed by atoms with Gasteiger partial charge in [0, 0.05) is 7.11 Å². The average Bonchev–Trinajstić information content (AvgIpc) is 2.64. The van der Waals surface area contributed by atoms with E-state index in [1.807, 2.05) is 13.8 Å². The highest BCUT2D eigenvalue weighted by atomic mass is 16.8. The Bertz CT molecular complexity index is 326. The number of ether oxygens (including phenoxy) is 4. The highest BCUT2D eigenvalue weighted by Gasteiger charge is 2.46. The fraction of sp³-hybridized carbons (Fsp3) is 0.714. The normalized spacial score (nSPS) is 28.9.